The Balaban J connectivity index is 2.22. The fraction of sp³-hybridized carbons (Fsp3) is 0.182. The van der Waals surface area contributed by atoms with Crippen LogP contribution >= 0.6 is 23.2 Å². The molecule has 0 unspecified atom stereocenters. The molecule has 6 heteroatoms. The van der Waals surface area contributed by atoms with E-state index in [1.54, 1.807) is 24.3 Å². The minimum atomic E-state index is 0.468. The number of benzene rings is 1. The monoisotopic (exact) mass is 268 g/mol. The number of allylic oxidation sites excluding steroid dienone is 1. The van der Waals surface area contributed by atoms with E-state index < -0.39 is 0 Å². The maximum absolute atomic E-state index is 6.06. The first-order chi connectivity index (χ1) is 8.20. The molecule has 0 fully saturated rings. The fourth-order valence-corrected chi connectivity index (χ4v) is 1.93. The van der Waals surface area contributed by atoms with Crippen LogP contribution in [0.1, 0.15) is 11.4 Å². The SMILES string of the molecule is C=CCn1nnc(Cc2c(Cl)cccc2Cl)n1. The van der Waals surface area contributed by atoms with Crippen molar-refractivity contribution in [1.29, 1.82) is 0 Å². The Bertz CT molecular complexity index is 516. The molecule has 0 N–H and O–H groups in total. The maximum Gasteiger partial charge on any atom is 0.179 e. The van der Waals surface area contributed by atoms with Gasteiger partial charge in [-0.15, -0.1) is 16.8 Å². The van der Waals surface area contributed by atoms with Gasteiger partial charge in [-0.25, -0.2) is 0 Å². The average Bonchev–Trinajstić information content (AvgIpc) is 2.72. The molecule has 0 bridgehead atoms. The van der Waals surface area contributed by atoms with Crippen LogP contribution in [0.5, 0.6) is 0 Å². The van der Waals surface area contributed by atoms with E-state index in [9.17, 15) is 0 Å². The Morgan fingerprint density at radius 1 is 1.29 bits per heavy atom. The van der Waals surface area contributed by atoms with Gasteiger partial charge >= 0.3 is 0 Å². The summed E-state index contributed by atoms with van der Waals surface area (Å²) in [5.41, 5.74) is 0.814. The van der Waals surface area contributed by atoms with Crippen LogP contribution in [0.2, 0.25) is 10.0 Å². The van der Waals surface area contributed by atoms with Crippen LogP contribution < -0.4 is 0 Å². The Morgan fingerprint density at radius 2 is 2.00 bits per heavy atom. The molecule has 0 aliphatic rings. The van der Waals surface area contributed by atoms with Gasteiger partial charge in [-0.1, -0.05) is 35.3 Å². The summed E-state index contributed by atoms with van der Waals surface area (Å²) in [6, 6.07) is 5.38. The predicted octanol–water partition coefficient (Wildman–Crippen LogP) is 2.76. The van der Waals surface area contributed by atoms with Crippen LogP contribution in [0.15, 0.2) is 30.9 Å². The summed E-state index contributed by atoms with van der Waals surface area (Å²) in [7, 11) is 0. The third-order valence-electron chi connectivity index (χ3n) is 2.18. The molecular weight excluding hydrogens is 259 g/mol. The zero-order chi connectivity index (χ0) is 12.3. The molecule has 17 heavy (non-hydrogen) atoms. The van der Waals surface area contributed by atoms with E-state index in [1.165, 1.54) is 4.80 Å². The number of tetrazole rings is 1. The highest BCUT2D eigenvalue weighted by atomic mass is 35.5. The van der Waals surface area contributed by atoms with Gasteiger partial charge in [0.15, 0.2) is 5.82 Å². The topological polar surface area (TPSA) is 43.6 Å². The van der Waals surface area contributed by atoms with Crippen molar-refractivity contribution in [3.8, 4) is 0 Å². The van der Waals surface area contributed by atoms with Gasteiger partial charge in [0.05, 0.1) is 6.54 Å². The smallest absolute Gasteiger partial charge is 0.160 e. The molecule has 0 radical (unpaired) electrons. The summed E-state index contributed by atoms with van der Waals surface area (Å²) in [5.74, 6) is 0.585. The Kier molecular flexibility index (Phi) is 3.76. The molecule has 0 saturated carbocycles. The molecule has 1 heterocycles. The quantitative estimate of drug-likeness (QED) is 0.801. The highest BCUT2D eigenvalue weighted by Gasteiger charge is 2.10. The molecule has 0 atom stereocenters. The fourth-order valence-electron chi connectivity index (χ4n) is 1.40. The van der Waals surface area contributed by atoms with Gasteiger partial charge < -0.3 is 0 Å². The lowest BCUT2D eigenvalue weighted by atomic mass is 10.1. The highest BCUT2D eigenvalue weighted by Crippen LogP contribution is 2.25. The first-order valence-corrected chi connectivity index (χ1v) is 5.76. The van der Waals surface area contributed by atoms with E-state index in [0.29, 0.717) is 28.8 Å². The molecule has 0 amide bonds. The first-order valence-electron chi connectivity index (χ1n) is 5.01. The van der Waals surface area contributed by atoms with Crippen LogP contribution in [0.3, 0.4) is 0 Å². The van der Waals surface area contributed by atoms with E-state index >= 15 is 0 Å². The minimum Gasteiger partial charge on any atom is -0.160 e. The molecule has 0 spiro atoms. The number of nitrogens with zero attached hydrogens (tertiary/aromatic N) is 4. The lowest BCUT2D eigenvalue weighted by molar-refractivity contribution is 0.581. The van der Waals surface area contributed by atoms with Crippen molar-refractivity contribution in [3.63, 3.8) is 0 Å². The summed E-state index contributed by atoms with van der Waals surface area (Å²) in [6.07, 6.45) is 2.17. The van der Waals surface area contributed by atoms with Gasteiger partial charge in [0.25, 0.3) is 0 Å². The Labute approximate surface area is 109 Å². The zero-order valence-electron chi connectivity index (χ0n) is 8.98. The maximum atomic E-state index is 6.06. The van der Waals surface area contributed by atoms with Crippen LogP contribution in [-0.4, -0.2) is 20.2 Å². The Hall–Kier alpha value is -1.39. The van der Waals surface area contributed by atoms with E-state index in [-0.39, 0.29) is 0 Å². The third-order valence-corrected chi connectivity index (χ3v) is 2.89. The van der Waals surface area contributed by atoms with Crippen LogP contribution in [0, 0.1) is 0 Å². The highest BCUT2D eigenvalue weighted by molar-refractivity contribution is 6.36. The standard InChI is InChI=1S/C11H10Cl2N4/c1-2-6-17-15-11(14-16-17)7-8-9(12)4-3-5-10(8)13/h2-5H,1,6-7H2. The van der Waals surface area contributed by atoms with Crippen LogP contribution in [-0.2, 0) is 13.0 Å². The first kappa shape index (κ1) is 12.1. The minimum absolute atomic E-state index is 0.468. The van der Waals surface area contributed by atoms with Crippen molar-refractivity contribution in [1.82, 2.24) is 20.2 Å². The van der Waals surface area contributed by atoms with E-state index in [4.69, 9.17) is 23.2 Å². The average molecular weight is 269 g/mol. The van der Waals surface area contributed by atoms with Gasteiger partial charge in [-0.05, 0) is 22.9 Å². The summed E-state index contributed by atoms with van der Waals surface area (Å²) >= 11 is 12.1. The van der Waals surface area contributed by atoms with E-state index in [2.05, 4.69) is 22.0 Å². The number of aromatic nitrogens is 4. The number of hydrogen-bond acceptors (Lipinski definition) is 3. The van der Waals surface area contributed by atoms with E-state index in [0.717, 1.165) is 5.56 Å². The van der Waals surface area contributed by atoms with Crippen molar-refractivity contribution in [2.75, 3.05) is 0 Å². The lowest BCUT2D eigenvalue weighted by Crippen LogP contribution is -2.00. The van der Waals surface area contributed by atoms with Gasteiger partial charge in [0, 0.05) is 16.5 Å². The molecule has 0 saturated heterocycles. The molecular formula is C11H10Cl2N4. The number of halogens is 2. The second-order valence-corrected chi connectivity index (χ2v) is 4.24. The molecule has 2 rings (SSSR count). The normalized spacial score (nSPS) is 10.5. The summed E-state index contributed by atoms with van der Waals surface area (Å²) in [4.78, 5) is 1.47. The largest absolute Gasteiger partial charge is 0.179 e. The van der Waals surface area contributed by atoms with Gasteiger partial charge in [-0.2, -0.15) is 4.80 Å². The van der Waals surface area contributed by atoms with Gasteiger partial charge in [-0.3, -0.25) is 0 Å². The van der Waals surface area contributed by atoms with Crippen LogP contribution in [0.25, 0.3) is 0 Å². The van der Waals surface area contributed by atoms with Crippen molar-refractivity contribution in [2.24, 2.45) is 0 Å². The predicted molar refractivity (Wildman–Crippen MR) is 67.3 cm³/mol. The Morgan fingerprint density at radius 3 is 2.65 bits per heavy atom. The molecule has 0 aliphatic heterocycles. The summed E-state index contributed by atoms with van der Waals surface area (Å²) in [5, 5.41) is 13.2. The number of rotatable bonds is 4. The molecule has 1 aromatic carbocycles. The molecule has 0 aliphatic carbocycles. The van der Waals surface area contributed by atoms with Gasteiger partial charge in [0.1, 0.15) is 0 Å². The molecule has 4 nitrogen and oxygen atoms in total. The lowest BCUT2D eigenvalue weighted by Gasteiger charge is -2.03. The van der Waals surface area contributed by atoms with Gasteiger partial charge in [0.2, 0.25) is 0 Å². The number of hydrogen-bond donors (Lipinski definition) is 0. The second kappa shape index (κ2) is 5.29. The van der Waals surface area contributed by atoms with Crippen molar-refractivity contribution < 1.29 is 0 Å². The molecule has 1 aromatic heterocycles. The molecule has 88 valence electrons. The third kappa shape index (κ3) is 2.84. The van der Waals surface area contributed by atoms with Crippen molar-refractivity contribution >= 4 is 23.2 Å². The van der Waals surface area contributed by atoms with Crippen molar-refractivity contribution in [3.05, 3.63) is 52.3 Å². The van der Waals surface area contributed by atoms with Crippen molar-refractivity contribution in [2.45, 2.75) is 13.0 Å². The summed E-state index contributed by atoms with van der Waals surface area (Å²) < 4.78 is 0. The van der Waals surface area contributed by atoms with E-state index in [1.807, 2.05) is 0 Å². The second-order valence-electron chi connectivity index (χ2n) is 3.43. The zero-order valence-corrected chi connectivity index (χ0v) is 10.5. The molecule has 2 aromatic rings. The summed E-state index contributed by atoms with van der Waals surface area (Å²) in [6.45, 7) is 4.14. The van der Waals surface area contributed by atoms with Crippen LogP contribution in [0.4, 0.5) is 0 Å².